The van der Waals surface area contributed by atoms with Crippen LogP contribution in [0, 0.1) is 0 Å². The molecule has 2 heterocycles. The molecule has 4 aromatic rings. The topological polar surface area (TPSA) is 78.6 Å². The molecule has 0 fully saturated rings. The third-order valence-corrected chi connectivity index (χ3v) is 5.32. The fourth-order valence-electron chi connectivity index (χ4n) is 3.54. The Bertz CT molecular complexity index is 1180. The molecular weight excluding hydrogens is 390 g/mol. The van der Waals surface area contributed by atoms with Crippen LogP contribution in [0.3, 0.4) is 0 Å². The minimum atomic E-state index is -0.835. The van der Waals surface area contributed by atoms with Crippen LogP contribution in [0.5, 0.6) is 0 Å². The van der Waals surface area contributed by atoms with Crippen LogP contribution in [0.25, 0.3) is 22.4 Å². The van der Waals surface area contributed by atoms with E-state index in [0.29, 0.717) is 22.5 Å². The molecule has 1 amide bonds. The van der Waals surface area contributed by atoms with Crippen LogP contribution in [-0.2, 0) is 0 Å². The van der Waals surface area contributed by atoms with Crippen LogP contribution < -0.4 is 10.2 Å². The van der Waals surface area contributed by atoms with Gasteiger partial charge in [0.05, 0.1) is 29.5 Å². The Labute approximate surface area is 181 Å². The summed E-state index contributed by atoms with van der Waals surface area (Å²) in [6, 6.07) is 19.9. The van der Waals surface area contributed by atoms with Gasteiger partial charge in [-0.05, 0) is 48.9 Å². The molecule has 2 aromatic carbocycles. The largest absolute Gasteiger partial charge is 0.463 e. The Morgan fingerprint density at radius 1 is 1.06 bits per heavy atom. The highest BCUT2D eigenvalue weighted by atomic mass is 16.3. The molecule has 0 aliphatic rings. The number of carbonyl (C=O) groups excluding carboxylic acids is 1. The summed E-state index contributed by atoms with van der Waals surface area (Å²) in [5.41, 5.74) is 3.56. The summed E-state index contributed by atoms with van der Waals surface area (Å²) in [5.74, 6) is 0.316. The summed E-state index contributed by atoms with van der Waals surface area (Å²) in [4.78, 5) is 19.8. The zero-order chi connectivity index (χ0) is 22.0. The van der Waals surface area contributed by atoms with Gasteiger partial charge in [0.1, 0.15) is 5.69 Å². The number of carbonyl (C=O) groups is 1. The van der Waals surface area contributed by atoms with E-state index >= 15 is 0 Å². The first-order valence-electron chi connectivity index (χ1n) is 10.1. The van der Waals surface area contributed by atoms with Gasteiger partial charge >= 0.3 is 0 Å². The molecule has 2 atom stereocenters. The number of hydrogen-bond acceptors (Lipinski definition) is 5. The van der Waals surface area contributed by atoms with Gasteiger partial charge in [0.2, 0.25) is 0 Å². The molecule has 0 saturated heterocycles. The smallest absolute Gasteiger partial charge is 0.252 e. The number of hydrogen-bond donors (Lipinski definition) is 2. The molecule has 6 nitrogen and oxygen atoms in total. The molecule has 0 spiro atoms. The summed E-state index contributed by atoms with van der Waals surface area (Å²) >= 11 is 0. The highest BCUT2D eigenvalue weighted by Crippen LogP contribution is 2.26. The average molecular weight is 415 g/mol. The van der Waals surface area contributed by atoms with Crippen molar-refractivity contribution in [3.05, 3.63) is 84.1 Å². The normalized spacial score (nSPS) is 13.0. The maximum atomic E-state index is 13.2. The van der Waals surface area contributed by atoms with Crippen molar-refractivity contribution in [1.82, 2.24) is 10.3 Å². The van der Waals surface area contributed by atoms with Gasteiger partial charge in [0.25, 0.3) is 5.91 Å². The van der Waals surface area contributed by atoms with Gasteiger partial charge in [0, 0.05) is 25.2 Å². The fourth-order valence-corrected chi connectivity index (χ4v) is 3.54. The number of rotatable bonds is 6. The van der Waals surface area contributed by atoms with E-state index in [4.69, 9.17) is 4.42 Å². The van der Waals surface area contributed by atoms with Crippen molar-refractivity contribution in [2.75, 3.05) is 19.0 Å². The number of aliphatic hydroxyl groups excluding tert-OH is 1. The van der Waals surface area contributed by atoms with Crippen molar-refractivity contribution in [1.29, 1.82) is 0 Å². The molecule has 0 bridgehead atoms. The molecule has 0 aliphatic heterocycles. The number of fused-ring (bicyclic) bond motifs is 1. The maximum absolute atomic E-state index is 13.2. The first-order chi connectivity index (χ1) is 14.9. The molecule has 2 N–H and O–H groups in total. The summed E-state index contributed by atoms with van der Waals surface area (Å²) in [6.07, 6.45) is 0.740. The highest BCUT2D eigenvalue weighted by molar-refractivity contribution is 6.07. The Morgan fingerprint density at radius 2 is 1.81 bits per heavy atom. The minimum absolute atomic E-state index is 0.275. The Balaban J connectivity index is 1.60. The van der Waals surface area contributed by atoms with Crippen LogP contribution >= 0.6 is 0 Å². The van der Waals surface area contributed by atoms with Crippen molar-refractivity contribution >= 4 is 22.5 Å². The average Bonchev–Trinajstić information content (AvgIpc) is 3.32. The van der Waals surface area contributed by atoms with Crippen LogP contribution in [0.2, 0.25) is 0 Å². The van der Waals surface area contributed by atoms with E-state index in [0.717, 1.165) is 16.6 Å². The number of nitrogens with one attached hydrogen (secondary N) is 1. The van der Waals surface area contributed by atoms with Crippen LogP contribution in [0.15, 0.2) is 77.4 Å². The number of aromatic nitrogens is 1. The number of aliphatic hydroxyl groups is 1. The van der Waals surface area contributed by atoms with E-state index in [9.17, 15) is 9.90 Å². The molecule has 158 valence electrons. The lowest BCUT2D eigenvalue weighted by Crippen LogP contribution is -2.37. The third kappa shape index (κ3) is 4.29. The van der Waals surface area contributed by atoms with Gasteiger partial charge in [-0.3, -0.25) is 4.79 Å². The second-order valence-corrected chi connectivity index (χ2v) is 7.74. The molecule has 0 aliphatic carbocycles. The Hall–Kier alpha value is -3.64. The molecule has 1 unspecified atom stereocenters. The number of furan rings is 1. The van der Waals surface area contributed by atoms with Crippen molar-refractivity contribution in [2.45, 2.75) is 19.1 Å². The number of nitrogens with zero attached hydrogens (tertiary/aromatic N) is 2. The van der Waals surface area contributed by atoms with Gasteiger partial charge < -0.3 is 19.7 Å². The summed E-state index contributed by atoms with van der Waals surface area (Å²) in [5, 5.41) is 14.5. The van der Waals surface area contributed by atoms with Crippen LogP contribution in [0.1, 0.15) is 28.9 Å². The Kier molecular flexibility index (Phi) is 5.73. The van der Waals surface area contributed by atoms with Gasteiger partial charge in [-0.25, -0.2) is 4.98 Å². The van der Waals surface area contributed by atoms with E-state index in [1.807, 2.05) is 73.6 Å². The van der Waals surface area contributed by atoms with Gasteiger partial charge in [0.15, 0.2) is 5.76 Å². The maximum Gasteiger partial charge on any atom is 0.252 e. The summed E-state index contributed by atoms with van der Waals surface area (Å²) in [7, 11) is 3.93. The summed E-state index contributed by atoms with van der Waals surface area (Å²) < 4.78 is 5.47. The number of amides is 1. The quantitative estimate of drug-likeness (QED) is 0.488. The van der Waals surface area contributed by atoms with E-state index in [1.165, 1.54) is 0 Å². The first kappa shape index (κ1) is 20.6. The second-order valence-electron chi connectivity index (χ2n) is 7.74. The molecular formula is C25H25N3O3. The van der Waals surface area contributed by atoms with Crippen molar-refractivity contribution < 1.29 is 14.3 Å². The molecule has 2 aromatic heterocycles. The lowest BCUT2D eigenvalue weighted by Gasteiger charge is -2.22. The zero-order valence-corrected chi connectivity index (χ0v) is 17.7. The molecule has 6 heteroatoms. The van der Waals surface area contributed by atoms with Crippen molar-refractivity contribution in [3.8, 4) is 11.5 Å². The predicted octanol–water partition coefficient (Wildman–Crippen LogP) is 4.41. The lowest BCUT2D eigenvalue weighted by atomic mass is 10.0. The van der Waals surface area contributed by atoms with E-state index < -0.39 is 12.1 Å². The van der Waals surface area contributed by atoms with E-state index in [-0.39, 0.29) is 5.91 Å². The highest BCUT2D eigenvalue weighted by Gasteiger charge is 2.21. The molecule has 0 radical (unpaired) electrons. The zero-order valence-electron chi connectivity index (χ0n) is 17.7. The van der Waals surface area contributed by atoms with Gasteiger partial charge in [-0.2, -0.15) is 0 Å². The monoisotopic (exact) mass is 415 g/mol. The SMILES string of the molecule is CC(NC(=O)c1cc(-c2ccco2)nc2ccccc12)[C@H](O)c1ccc(N(C)C)cc1. The van der Waals surface area contributed by atoms with E-state index in [1.54, 1.807) is 25.3 Å². The van der Waals surface area contributed by atoms with Crippen molar-refractivity contribution in [2.24, 2.45) is 0 Å². The van der Waals surface area contributed by atoms with E-state index in [2.05, 4.69) is 10.3 Å². The number of anilines is 1. The second kappa shape index (κ2) is 8.62. The first-order valence-corrected chi connectivity index (χ1v) is 10.1. The molecule has 4 rings (SSSR count). The lowest BCUT2D eigenvalue weighted by molar-refractivity contribution is 0.0853. The standard InChI is InChI=1S/C25H25N3O3/c1-16(24(29)17-10-12-18(13-11-17)28(2)3)26-25(30)20-15-22(23-9-6-14-31-23)27-21-8-5-4-7-19(20)21/h4-16,24,29H,1-3H3,(H,26,30)/t16?,24-/m0/s1. The number of pyridine rings is 1. The number of benzene rings is 2. The Morgan fingerprint density at radius 3 is 2.48 bits per heavy atom. The van der Waals surface area contributed by atoms with Gasteiger partial charge in [-0.15, -0.1) is 0 Å². The minimum Gasteiger partial charge on any atom is -0.463 e. The fraction of sp³-hybridized carbons (Fsp3) is 0.200. The molecule has 0 saturated carbocycles. The predicted molar refractivity (Wildman–Crippen MR) is 122 cm³/mol. The van der Waals surface area contributed by atoms with Crippen LogP contribution in [0.4, 0.5) is 5.69 Å². The summed E-state index contributed by atoms with van der Waals surface area (Å²) in [6.45, 7) is 1.79. The van der Waals surface area contributed by atoms with Gasteiger partial charge in [-0.1, -0.05) is 30.3 Å². The number of para-hydroxylation sites is 1. The van der Waals surface area contributed by atoms with Crippen LogP contribution in [-0.4, -0.2) is 36.1 Å². The molecule has 31 heavy (non-hydrogen) atoms. The third-order valence-electron chi connectivity index (χ3n) is 5.32. The van der Waals surface area contributed by atoms with Crippen molar-refractivity contribution in [3.63, 3.8) is 0 Å².